The van der Waals surface area contributed by atoms with E-state index in [4.69, 9.17) is 4.74 Å². The van der Waals surface area contributed by atoms with Crippen molar-refractivity contribution in [2.75, 3.05) is 7.11 Å². The third kappa shape index (κ3) is 2.68. The van der Waals surface area contributed by atoms with Gasteiger partial charge < -0.3 is 4.74 Å². The van der Waals surface area contributed by atoms with E-state index in [1.807, 2.05) is 6.92 Å². The maximum absolute atomic E-state index is 13.9. The second kappa shape index (κ2) is 5.53. The Morgan fingerprint density at radius 1 is 1.26 bits per heavy atom. The van der Waals surface area contributed by atoms with E-state index >= 15 is 0 Å². The molecule has 0 aliphatic heterocycles. The van der Waals surface area contributed by atoms with E-state index in [1.54, 1.807) is 37.4 Å². The molecule has 0 N–H and O–H groups in total. The van der Waals surface area contributed by atoms with Gasteiger partial charge in [0.1, 0.15) is 11.6 Å². The van der Waals surface area contributed by atoms with E-state index in [0.717, 1.165) is 5.56 Å². The maximum Gasteiger partial charge on any atom is 0.196 e. The van der Waals surface area contributed by atoms with Gasteiger partial charge in [0, 0.05) is 5.56 Å². The fourth-order valence-corrected chi connectivity index (χ4v) is 2.22. The summed E-state index contributed by atoms with van der Waals surface area (Å²) in [7, 11) is 1.57. The molecule has 0 saturated heterocycles. The van der Waals surface area contributed by atoms with Gasteiger partial charge in [-0.15, -0.1) is 0 Å². The van der Waals surface area contributed by atoms with Gasteiger partial charge in [0.05, 0.1) is 17.1 Å². The van der Waals surface area contributed by atoms with Gasteiger partial charge in [-0.3, -0.25) is 4.79 Å². The summed E-state index contributed by atoms with van der Waals surface area (Å²) < 4.78 is 19.3. The van der Waals surface area contributed by atoms with Gasteiger partial charge in [-0.2, -0.15) is 0 Å². The Morgan fingerprint density at radius 3 is 2.63 bits per heavy atom. The third-order valence-corrected chi connectivity index (χ3v) is 3.47. The lowest BCUT2D eigenvalue weighted by molar-refractivity contribution is 0.103. The highest BCUT2D eigenvalue weighted by Gasteiger charge is 2.16. The zero-order chi connectivity index (χ0) is 14.0. The van der Waals surface area contributed by atoms with Crippen molar-refractivity contribution in [1.82, 2.24) is 0 Å². The first-order chi connectivity index (χ1) is 9.04. The molecule has 0 fully saturated rings. The molecular weight excluding hydrogens is 311 g/mol. The van der Waals surface area contributed by atoms with Crippen LogP contribution in [0, 0.1) is 12.7 Å². The highest BCUT2D eigenvalue weighted by molar-refractivity contribution is 9.10. The van der Waals surface area contributed by atoms with Gasteiger partial charge in [-0.05, 0) is 58.7 Å². The van der Waals surface area contributed by atoms with Gasteiger partial charge in [-0.1, -0.05) is 6.07 Å². The fraction of sp³-hybridized carbons (Fsp3) is 0.133. The minimum Gasteiger partial charge on any atom is -0.496 e. The molecule has 2 aromatic carbocycles. The Balaban J connectivity index is 2.44. The molecule has 0 radical (unpaired) electrons. The SMILES string of the molecule is COc1ccc(C(=O)c2cccc(Br)c2F)cc1C. The van der Waals surface area contributed by atoms with Gasteiger partial charge in [0.25, 0.3) is 0 Å². The molecular formula is C15H12BrFO2. The lowest BCUT2D eigenvalue weighted by Crippen LogP contribution is -2.05. The molecule has 2 rings (SSSR count). The van der Waals surface area contributed by atoms with Crippen LogP contribution in [0.4, 0.5) is 4.39 Å². The van der Waals surface area contributed by atoms with Crippen molar-refractivity contribution in [2.45, 2.75) is 6.92 Å². The number of hydrogen-bond acceptors (Lipinski definition) is 2. The summed E-state index contributed by atoms with van der Waals surface area (Å²) in [6, 6.07) is 9.71. The first-order valence-corrected chi connectivity index (χ1v) is 6.47. The number of methoxy groups -OCH3 is 1. The van der Waals surface area contributed by atoms with Crippen LogP contribution in [-0.4, -0.2) is 12.9 Å². The van der Waals surface area contributed by atoms with E-state index in [2.05, 4.69) is 15.9 Å². The summed E-state index contributed by atoms with van der Waals surface area (Å²) in [5, 5.41) is 0. The number of halogens is 2. The van der Waals surface area contributed by atoms with E-state index in [9.17, 15) is 9.18 Å². The van der Waals surface area contributed by atoms with Crippen LogP contribution in [0.2, 0.25) is 0 Å². The molecule has 0 aliphatic carbocycles. The van der Waals surface area contributed by atoms with Gasteiger partial charge in [0.2, 0.25) is 0 Å². The third-order valence-electron chi connectivity index (χ3n) is 2.85. The summed E-state index contributed by atoms with van der Waals surface area (Å²) >= 11 is 3.08. The van der Waals surface area contributed by atoms with Crippen LogP contribution in [0.25, 0.3) is 0 Å². The van der Waals surface area contributed by atoms with Crippen LogP contribution >= 0.6 is 15.9 Å². The number of carbonyl (C=O) groups excluding carboxylic acids is 1. The van der Waals surface area contributed by atoms with Crippen LogP contribution in [0.15, 0.2) is 40.9 Å². The number of benzene rings is 2. The first-order valence-electron chi connectivity index (χ1n) is 5.68. The second-order valence-corrected chi connectivity index (χ2v) is 4.97. The molecule has 98 valence electrons. The Kier molecular flexibility index (Phi) is 4.00. The van der Waals surface area contributed by atoms with Crippen molar-refractivity contribution >= 4 is 21.7 Å². The molecule has 0 unspecified atom stereocenters. The largest absolute Gasteiger partial charge is 0.496 e. The minimum absolute atomic E-state index is 0.0546. The fourth-order valence-electron chi connectivity index (χ4n) is 1.85. The van der Waals surface area contributed by atoms with Crippen LogP contribution < -0.4 is 4.74 Å². The van der Waals surface area contributed by atoms with Crippen molar-refractivity contribution in [3.05, 3.63) is 63.4 Å². The predicted octanol–water partition coefficient (Wildman–Crippen LogP) is 4.14. The van der Waals surface area contributed by atoms with Crippen LogP contribution in [0.3, 0.4) is 0 Å². The van der Waals surface area contributed by atoms with Gasteiger partial charge >= 0.3 is 0 Å². The Bertz CT molecular complexity index is 638. The average Bonchev–Trinajstić information content (AvgIpc) is 2.41. The molecule has 0 heterocycles. The quantitative estimate of drug-likeness (QED) is 0.794. The molecule has 4 heteroatoms. The number of carbonyl (C=O) groups is 1. The maximum atomic E-state index is 13.9. The minimum atomic E-state index is -0.541. The zero-order valence-electron chi connectivity index (χ0n) is 10.5. The molecule has 0 spiro atoms. The average molecular weight is 323 g/mol. The molecule has 2 aromatic rings. The van der Waals surface area contributed by atoms with E-state index in [0.29, 0.717) is 11.3 Å². The molecule has 0 aliphatic rings. The molecule has 0 amide bonds. The standard InChI is InChI=1S/C15H12BrFO2/c1-9-8-10(6-7-13(9)19-2)15(18)11-4-3-5-12(16)14(11)17/h3-8H,1-2H3. The van der Waals surface area contributed by atoms with E-state index in [1.165, 1.54) is 6.07 Å². The summed E-state index contributed by atoms with van der Waals surface area (Å²) in [6.07, 6.45) is 0. The molecule has 0 saturated carbocycles. The Labute approximate surface area is 119 Å². The summed E-state index contributed by atoms with van der Waals surface area (Å²) in [5.41, 5.74) is 1.33. The predicted molar refractivity (Wildman–Crippen MR) is 75.3 cm³/mol. The first kappa shape index (κ1) is 13.7. The summed E-state index contributed by atoms with van der Waals surface area (Å²) in [6.45, 7) is 1.84. The topological polar surface area (TPSA) is 26.3 Å². The molecule has 0 aromatic heterocycles. The van der Waals surface area contributed by atoms with Crippen molar-refractivity contribution < 1.29 is 13.9 Å². The van der Waals surface area contributed by atoms with Crippen LogP contribution in [0.1, 0.15) is 21.5 Å². The molecule has 0 atom stereocenters. The highest BCUT2D eigenvalue weighted by Crippen LogP contribution is 2.24. The van der Waals surface area contributed by atoms with E-state index in [-0.39, 0.29) is 15.8 Å². The molecule has 19 heavy (non-hydrogen) atoms. The summed E-state index contributed by atoms with van der Waals surface area (Å²) in [5.74, 6) is -0.184. The Morgan fingerprint density at radius 2 is 2.00 bits per heavy atom. The number of ketones is 1. The molecule has 2 nitrogen and oxygen atoms in total. The lowest BCUT2D eigenvalue weighted by Gasteiger charge is -2.08. The summed E-state index contributed by atoms with van der Waals surface area (Å²) in [4.78, 5) is 12.3. The van der Waals surface area contributed by atoms with Crippen LogP contribution in [-0.2, 0) is 0 Å². The number of ether oxygens (including phenoxy) is 1. The van der Waals surface area contributed by atoms with Gasteiger partial charge in [-0.25, -0.2) is 4.39 Å². The number of rotatable bonds is 3. The lowest BCUT2D eigenvalue weighted by atomic mass is 10.0. The Hall–Kier alpha value is -1.68. The smallest absolute Gasteiger partial charge is 0.196 e. The van der Waals surface area contributed by atoms with Crippen molar-refractivity contribution in [1.29, 1.82) is 0 Å². The highest BCUT2D eigenvalue weighted by atomic mass is 79.9. The normalized spacial score (nSPS) is 10.3. The zero-order valence-corrected chi connectivity index (χ0v) is 12.1. The monoisotopic (exact) mass is 322 g/mol. The molecule has 0 bridgehead atoms. The van der Waals surface area contributed by atoms with E-state index < -0.39 is 5.82 Å². The van der Waals surface area contributed by atoms with Crippen molar-refractivity contribution in [3.63, 3.8) is 0 Å². The number of hydrogen-bond donors (Lipinski definition) is 0. The van der Waals surface area contributed by atoms with Crippen molar-refractivity contribution in [2.24, 2.45) is 0 Å². The second-order valence-electron chi connectivity index (χ2n) is 4.11. The van der Waals surface area contributed by atoms with Crippen LogP contribution in [0.5, 0.6) is 5.75 Å². The number of aryl methyl sites for hydroxylation is 1. The van der Waals surface area contributed by atoms with Gasteiger partial charge in [0.15, 0.2) is 5.78 Å². The van der Waals surface area contributed by atoms with Crippen molar-refractivity contribution in [3.8, 4) is 5.75 Å².